The first kappa shape index (κ1) is 11.0. The molecule has 1 saturated carbocycles. The molecule has 3 atom stereocenters. The van der Waals surface area contributed by atoms with Gasteiger partial charge in [-0.2, -0.15) is 0 Å². The van der Waals surface area contributed by atoms with Gasteiger partial charge in [0, 0.05) is 9.65 Å². The highest BCUT2D eigenvalue weighted by Gasteiger charge is 2.29. The van der Waals surface area contributed by atoms with Gasteiger partial charge in [0.2, 0.25) is 0 Å². The average molecular weight is 414 g/mol. The molecule has 1 rings (SSSR count). The van der Waals surface area contributed by atoms with E-state index >= 15 is 0 Å². The summed E-state index contributed by atoms with van der Waals surface area (Å²) in [7, 11) is 0. The third-order valence-corrected chi connectivity index (χ3v) is 6.40. The summed E-state index contributed by atoms with van der Waals surface area (Å²) in [5.74, 6) is 0.771. The van der Waals surface area contributed by atoms with E-state index < -0.39 is 0 Å². The van der Waals surface area contributed by atoms with Crippen LogP contribution >= 0.6 is 63.7 Å². The lowest BCUT2D eigenvalue weighted by Crippen LogP contribution is -2.27. The Hall–Kier alpha value is 1.92. The van der Waals surface area contributed by atoms with Crippen LogP contribution in [-0.2, 0) is 0 Å². The predicted molar refractivity (Wildman–Crippen MR) is 64.4 cm³/mol. The van der Waals surface area contributed by atoms with E-state index in [1.165, 1.54) is 19.3 Å². The number of rotatable bonds is 1. The fourth-order valence-corrected chi connectivity index (χ4v) is 3.52. The van der Waals surface area contributed by atoms with E-state index in [1.807, 2.05) is 0 Å². The first-order valence-electron chi connectivity index (χ1n) is 3.67. The molecule has 0 aromatic carbocycles. The van der Waals surface area contributed by atoms with Gasteiger partial charge in [0.15, 0.2) is 0 Å². The summed E-state index contributed by atoms with van der Waals surface area (Å²) in [6.07, 6.45) is 3.82. The summed E-state index contributed by atoms with van der Waals surface area (Å²) in [5, 5.41) is 0. The molecule has 0 aliphatic heterocycles. The van der Waals surface area contributed by atoms with Crippen molar-refractivity contribution in [2.24, 2.45) is 5.92 Å². The van der Waals surface area contributed by atoms with Gasteiger partial charge in [-0.25, -0.2) is 0 Å². The minimum absolute atomic E-state index is 0.482. The maximum Gasteiger partial charge on any atom is 0.0726 e. The molecule has 1 aliphatic rings. The Kier molecular flexibility index (Phi) is 4.96. The lowest BCUT2D eigenvalue weighted by molar-refractivity contribution is 0.408. The zero-order valence-corrected chi connectivity index (χ0v) is 12.3. The molecule has 0 bridgehead atoms. The maximum absolute atomic E-state index is 3.67. The molecule has 0 aromatic rings. The third kappa shape index (κ3) is 3.28. The molecule has 0 nitrogen and oxygen atoms in total. The molecule has 66 valence electrons. The van der Waals surface area contributed by atoms with Crippen LogP contribution in [0.4, 0.5) is 0 Å². The Labute approximate surface area is 101 Å². The average Bonchev–Trinajstić information content (AvgIpc) is 1.94. The SMILES string of the molecule is BrC(Br)C1CCC(Br)C(Br)C1. The maximum atomic E-state index is 3.67. The van der Waals surface area contributed by atoms with Crippen molar-refractivity contribution in [1.82, 2.24) is 0 Å². The topological polar surface area (TPSA) is 0 Å². The molecule has 0 radical (unpaired) electrons. The van der Waals surface area contributed by atoms with E-state index in [2.05, 4.69) is 63.7 Å². The highest BCUT2D eigenvalue weighted by atomic mass is 79.9. The van der Waals surface area contributed by atoms with E-state index in [0.29, 0.717) is 13.4 Å². The van der Waals surface area contributed by atoms with Gasteiger partial charge in [0.05, 0.1) is 3.74 Å². The highest BCUT2D eigenvalue weighted by molar-refractivity contribution is 9.24. The van der Waals surface area contributed by atoms with Crippen LogP contribution < -0.4 is 0 Å². The molecule has 1 aliphatic carbocycles. The summed E-state index contributed by atoms with van der Waals surface area (Å²) in [4.78, 5) is 1.30. The monoisotopic (exact) mass is 410 g/mol. The summed E-state index contributed by atoms with van der Waals surface area (Å²) < 4.78 is 0.482. The van der Waals surface area contributed by atoms with Crippen LogP contribution in [0.1, 0.15) is 19.3 Å². The number of halogens is 4. The fraction of sp³-hybridized carbons (Fsp3) is 1.00. The van der Waals surface area contributed by atoms with Gasteiger partial charge in [-0.3, -0.25) is 0 Å². The summed E-state index contributed by atoms with van der Waals surface area (Å²) >= 11 is 14.5. The lowest BCUT2D eigenvalue weighted by atomic mass is 9.91. The molecular formula is C7H10Br4. The zero-order chi connectivity index (χ0) is 8.43. The Balaban J connectivity index is 2.40. The Morgan fingerprint density at radius 2 is 1.64 bits per heavy atom. The number of alkyl halides is 4. The van der Waals surface area contributed by atoms with Crippen LogP contribution in [0, 0.1) is 5.92 Å². The molecule has 0 amide bonds. The number of hydrogen-bond donors (Lipinski definition) is 0. The van der Waals surface area contributed by atoms with Gasteiger partial charge in [-0.05, 0) is 25.2 Å². The highest BCUT2D eigenvalue weighted by Crippen LogP contribution is 2.38. The Morgan fingerprint density at radius 1 is 1.00 bits per heavy atom. The van der Waals surface area contributed by atoms with E-state index in [9.17, 15) is 0 Å². The molecule has 3 unspecified atom stereocenters. The molecule has 0 N–H and O–H groups in total. The Bertz CT molecular complexity index is 126. The third-order valence-electron chi connectivity index (χ3n) is 2.09. The van der Waals surface area contributed by atoms with Crippen LogP contribution in [0.15, 0.2) is 0 Å². The van der Waals surface area contributed by atoms with Crippen LogP contribution in [0.3, 0.4) is 0 Å². The smallest absolute Gasteiger partial charge is 0.0726 e. The second kappa shape index (κ2) is 4.97. The van der Waals surface area contributed by atoms with Gasteiger partial charge >= 0.3 is 0 Å². The van der Waals surface area contributed by atoms with Gasteiger partial charge in [0.1, 0.15) is 0 Å². The van der Waals surface area contributed by atoms with E-state index in [4.69, 9.17) is 0 Å². The van der Waals surface area contributed by atoms with Crippen molar-refractivity contribution in [3.8, 4) is 0 Å². The quantitative estimate of drug-likeness (QED) is 0.558. The molecule has 0 spiro atoms. The van der Waals surface area contributed by atoms with Crippen molar-refractivity contribution >= 4 is 63.7 Å². The fourth-order valence-electron chi connectivity index (χ4n) is 1.34. The second-order valence-electron chi connectivity index (χ2n) is 2.94. The van der Waals surface area contributed by atoms with Gasteiger partial charge in [-0.15, -0.1) is 0 Å². The van der Waals surface area contributed by atoms with Crippen molar-refractivity contribution in [2.75, 3.05) is 0 Å². The van der Waals surface area contributed by atoms with E-state index in [1.54, 1.807) is 0 Å². The van der Waals surface area contributed by atoms with Gasteiger partial charge < -0.3 is 0 Å². The van der Waals surface area contributed by atoms with Crippen molar-refractivity contribution in [3.63, 3.8) is 0 Å². The first-order valence-corrected chi connectivity index (χ1v) is 7.34. The molecule has 1 fully saturated rings. The first-order chi connectivity index (χ1) is 5.11. The van der Waals surface area contributed by atoms with Crippen LogP contribution in [0.2, 0.25) is 0 Å². The summed E-state index contributed by atoms with van der Waals surface area (Å²) in [5.41, 5.74) is 0. The minimum atomic E-state index is 0.482. The lowest BCUT2D eigenvalue weighted by Gasteiger charge is -2.30. The Morgan fingerprint density at radius 3 is 2.09 bits per heavy atom. The van der Waals surface area contributed by atoms with Crippen molar-refractivity contribution in [1.29, 1.82) is 0 Å². The minimum Gasteiger partial charge on any atom is -0.0879 e. The van der Waals surface area contributed by atoms with Crippen LogP contribution in [0.5, 0.6) is 0 Å². The second-order valence-corrected chi connectivity index (χ2v) is 8.49. The largest absolute Gasteiger partial charge is 0.0879 e. The van der Waals surface area contributed by atoms with Crippen LogP contribution in [-0.4, -0.2) is 13.4 Å². The molecule has 0 heterocycles. The molecule has 0 aromatic heterocycles. The van der Waals surface area contributed by atoms with Crippen molar-refractivity contribution < 1.29 is 0 Å². The van der Waals surface area contributed by atoms with Crippen molar-refractivity contribution in [3.05, 3.63) is 0 Å². The van der Waals surface area contributed by atoms with Gasteiger partial charge in [-0.1, -0.05) is 63.7 Å². The van der Waals surface area contributed by atoms with E-state index in [0.717, 1.165) is 5.92 Å². The molecule has 4 heteroatoms. The van der Waals surface area contributed by atoms with Crippen LogP contribution in [0.25, 0.3) is 0 Å². The normalized spacial score (nSPS) is 39.5. The van der Waals surface area contributed by atoms with Gasteiger partial charge in [0.25, 0.3) is 0 Å². The number of hydrogen-bond acceptors (Lipinski definition) is 0. The summed E-state index contributed by atoms with van der Waals surface area (Å²) in [6.45, 7) is 0. The summed E-state index contributed by atoms with van der Waals surface area (Å²) in [6, 6.07) is 0. The standard InChI is InChI=1S/C7H10Br4/c8-5-2-1-4(7(10)11)3-6(5)9/h4-7H,1-3H2. The molecular weight excluding hydrogens is 404 g/mol. The molecule has 11 heavy (non-hydrogen) atoms. The predicted octanol–water partition coefficient (Wildman–Crippen LogP) is 4.43. The van der Waals surface area contributed by atoms with Crippen molar-refractivity contribution in [2.45, 2.75) is 32.7 Å². The molecule has 0 saturated heterocycles. The zero-order valence-electron chi connectivity index (χ0n) is 5.94. The van der Waals surface area contributed by atoms with E-state index in [-0.39, 0.29) is 0 Å².